The van der Waals surface area contributed by atoms with Gasteiger partial charge in [0.2, 0.25) is 0 Å². The average Bonchev–Trinajstić information content (AvgIpc) is 2.49. The van der Waals surface area contributed by atoms with Crippen LogP contribution < -0.4 is 5.32 Å². The van der Waals surface area contributed by atoms with Gasteiger partial charge in [-0.15, -0.1) is 0 Å². The molecule has 0 unspecified atom stereocenters. The molecule has 1 saturated heterocycles. The predicted molar refractivity (Wildman–Crippen MR) is 89.8 cm³/mol. The molecule has 1 aliphatic rings. The second kappa shape index (κ2) is 7.25. The Morgan fingerprint density at radius 3 is 2.29 bits per heavy atom. The number of anilines is 1. The smallest absolute Gasteiger partial charge is 0.410 e. The van der Waals surface area contributed by atoms with Crippen molar-refractivity contribution >= 4 is 29.4 Å². The van der Waals surface area contributed by atoms with E-state index in [0.29, 0.717) is 26.2 Å². The van der Waals surface area contributed by atoms with Crippen LogP contribution in [0.15, 0.2) is 18.2 Å². The minimum absolute atomic E-state index is 0.0428. The monoisotopic (exact) mass is 357 g/mol. The number of hydrogen-bond acceptors (Lipinski definition) is 3. The van der Waals surface area contributed by atoms with E-state index in [1.807, 2.05) is 0 Å². The van der Waals surface area contributed by atoms with Gasteiger partial charge in [0.05, 0.1) is 10.7 Å². The van der Waals surface area contributed by atoms with Crippen LogP contribution in [0.4, 0.5) is 19.7 Å². The molecule has 0 saturated carbocycles. The van der Waals surface area contributed by atoms with Crippen LogP contribution in [-0.4, -0.2) is 53.7 Å². The van der Waals surface area contributed by atoms with Crippen molar-refractivity contribution in [2.24, 2.45) is 0 Å². The highest BCUT2D eigenvalue weighted by atomic mass is 35.5. The molecule has 2 rings (SSSR count). The lowest BCUT2D eigenvalue weighted by atomic mass is 10.2. The van der Waals surface area contributed by atoms with Crippen LogP contribution in [-0.2, 0) is 4.74 Å². The third-order valence-corrected chi connectivity index (χ3v) is 3.73. The Morgan fingerprint density at radius 2 is 1.75 bits per heavy atom. The van der Waals surface area contributed by atoms with Crippen LogP contribution in [0.5, 0.6) is 0 Å². The number of carbonyl (C=O) groups is 2. The molecule has 0 aromatic heterocycles. The molecule has 0 atom stereocenters. The Bertz CT molecular complexity index is 605. The van der Waals surface area contributed by atoms with Crippen LogP contribution in [0.1, 0.15) is 20.8 Å². The van der Waals surface area contributed by atoms with Crippen molar-refractivity contribution < 1.29 is 18.7 Å². The molecule has 0 spiro atoms. The first-order chi connectivity index (χ1) is 11.2. The standard InChI is InChI=1S/C16H21ClFN3O3/c1-16(2,3)24-15(23)21-9-7-20(8-10-21)14(22)19-13-11(17)5-4-6-12(13)18/h4-6H,7-10H2,1-3H3,(H,19,22). The summed E-state index contributed by atoms with van der Waals surface area (Å²) in [6, 6.07) is 3.74. The number of para-hydroxylation sites is 1. The SMILES string of the molecule is CC(C)(C)OC(=O)N1CCN(C(=O)Nc2c(F)cccc2Cl)CC1. The van der Waals surface area contributed by atoms with Gasteiger partial charge in [-0.3, -0.25) is 0 Å². The number of piperazine rings is 1. The number of ether oxygens (including phenoxy) is 1. The summed E-state index contributed by atoms with van der Waals surface area (Å²) in [5, 5.41) is 2.61. The number of carbonyl (C=O) groups excluding carboxylic acids is 2. The third kappa shape index (κ3) is 4.74. The van der Waals surface area contributed by atoms with Crippen LogP contribution in [0.25, 0.3) is 0 Å². The molecule has 6 nitrogen and oxygen atoms in total. The van der Waals surface area contributed by atoms with E-state index in [0.717, 1.165) is 0 Å². The molecule has 0 radical (unpaired) electrons. The first kappa shape index (κ1) is 18.3. The molecule has 1 N–H and O–H groups in total. The zero-order chi connectivity index (χ0) is 17.9. The fourth-order valence-corrected chi connectivity index (χ4v) is 2.43. The maximum atomic E-state index is 13.7. The Kier molecular flexibility index (Phi) is 5.54. The number of hydrogen-bond donors (Lipinski definition) is 1. The van der Waals surface area contributed by atoms with Crippen LogP contribution >= 0.6 is 11.6 Å². The van der Waals surface area contributed by atoms with E-state index in [4.69, 9.17) is 16.3 Å². The van der Waals surface area contributed by atoms with Crippen molar-refractivity contribution in [3.63, 3.8) is 0 Å². The molecule has 132 valence electrons. The first-order valence-corrected chi connectivity index (χ1v) is 8.03. The van der Waals surface area contributed by atoms with Crippen LogP contribution in [0.2, 0.25) is 5.02 Å². The minimum atomic E-state index is -0.594. The first-order valence-electron chi connectivity index (χ1n) is 7.65. The normalized spacial score (nSPS) is 15.2. The fraction of sp³-hybridized carbons (Fsp3) is 0.500. The zero-order valence-electron chi connectivity index (χ0n) is 13.9. The van der Waals surface area contributed by atoms with Gasteiger partial charge >= 0.3 is 12.1 Å². The molecule has 8 heteroatoms. The second-order valence-electron chi connectivity index (χ2n) is 6.48. The fourth-order valence-electron chi connectivity index (χ4n) is 2.22. The zero-order valence-corrected chi connectivity index (χ0v) is 14.7. The van der Waals surface area contributed by atoms with Crippen molar-refractivity contribution in [1.29, 1.82) is 0 Å². The van der Waals surface area contributed by atoms with Crippen LogP contribution in [0.3, 0.4) is 0 Å². The summed E-state index contributed by atoms with van der Waals surface area (Å²) in [7, 11) is 0. The van der Waals surface area contributed by atoms with Gasteiger partial charge in [-0.2, -0.15) is 0 Å². The lowest BCUT2D eigenvalue weighted by molar-refractivity contribution is 0.0174. The summed E-state index contributed by atoms with van der Waals surface area (Å²) in [4.78, 5) is 27.3. The van der Waals surface area contributed by atoms with Gasteiger partial charge in [-0.05, 0) is 32.9 Å². The minimum Gasteiger partial charge on any atom is -0.444 e. The summed E-state index contributed by atoms with van der Waals surface area (Å²) < 4.78 is 19.0. The number of nitrogens with zero attached hydrogens (tertiary/aromatic N) is 2. The summed E-state index contributed by atoms with van der Waals surface area (Å²) in [5.41, 5.74) is -0.605. The highest BCUT2D eigenvalue weighted by Gasteiger charge is 2.28. The highest BCUT2D eigenvalue weighted by molar-refractivity contribution is 6.33. The van der Waals surface area contributed by atoms with Gasteiger partial charge in [0.25, 0.3) is 0 Å². The van der Waals surface area contributed by atoms with Crippen molar-refractivity contribution in [2.45, 2.75) is 26.4 Å². The lowest BCUT2D eigenvalue weighted by Crippen LogP contribution is -2.52. The Balaban J connectivity index is 1.90. The average molecular weight is 358 g/mol. The van der Waals surface area contributed by atoms with Crippen molar-refractivity contribution in [1.82, 2.24) is 9.80 Å². The Labute approximate surface area is 145 Å². The number of nitrogens with one attached hydrogen (secondary N) is 1. The third-order valence-electron chi connectivity index (χ3n) is 3.41. The maximum absolute atomic E-state index is 13.7. The van der Waals surface area contributed by atoms with E-state index in [9.17, 15) is 14.0 Å². The van der Waals surface area contributed by atoms with Gasteiger partial charge in [-0.1, -0.05) is 17.7 Å². The molecule has 3 amide bonds. The quantitative estimate of drug-likeness (QED) is 0.835. The van der Waals surface area contributed by atoms with E-state index in [1.165, 1.54) is 23.1 Å². The van der Waals surface area contributed by atoms with E-state index in [2.05, 4.69) is 5.32 Å². The molecule has 24 heavy (non-hydrogen) atoms. The van der Waals surface area contributed by atoms with Gasteiger partial charge in [0.15, 0.2) is 0 Å². The van der Waals surface area contributed by atoms with E-state index < -0.39 is 23.5 Å². The molecule has 1 heterocycles. The van der Waals surface area contributed by atoms with Gasteiger partial charge in [0, 0.05) is 26.2 Å². The van der Waals surface area contributed by atoms with Crippen molar-refractivity contribution in [2.75, 3.05) is 31.5 Å². The largest absolute Gasteiger partial charge is 0.444 e. The summed E-state index contributed by atoms with van der Waals surface area (Å²) in [6.07, 6.45) is -0.403. The summed E-state index contributed by atoms with van der Waals surface area (Å²) in [6.45, 7) is 6.77. The molecule has 1 fully saturated rings. The van der Waals surface area contributed by atoms with Crippen LogP contribution in [0, 0.1) is 5.82 Å². The van der Waals surface area contributed by atoms with Crippen molar-refractivity contribution in [3.05, 3.63) is 29.0 Å². The Hall–Kier alpha value is -2.02. The summed E-state index contributed by atoms with van der Waals surface area (Å²) in [5.74, 6) is -0.594. The topological polar surface area (TPSA) is 61.9 Å². The number of amides is 3. The maximum Gasteiger partial charge on any atom is 0.410 e. The number of benzene rings is 1. The predicted octanol–water partition coefficient (Wildman–Crippen LogP) is 3.56. The molecule has 1 aliphatic heterocycles. The second-order valence-corrected chi connectivity index (χ2v) is 6.89. The lowest BCUT2D eigenvalue weighted by Gasteiger charge is -2.35. The van der Waals surface area contributed by atoms with E-state index in [1.54, 1.807) is 25.7 Å². The Morgan fingerprint density at radius 1 is 1.17 bits per heavy atom. The van der Waals surface area contributed by atoms with Gasteiger partial charge in [-0.25, -0.2) is 14.0 Å². The molecular formula is C16H21ClFN3O3. The molecular weight excluding hydrogens is 337 g/mol. The molecule has 1 aromatic carbocycles. The number of urea groups is 1. The van der Waals surface area contributed by atoms with Crippen molar-refractivity contribution in [3.8, 4) is 0 Å². The van der Waals surface area contributed by atoms with E-state index >= 15 is 0 Å². The summed E-state index contributed by atoms with van der Waals surface area (Å²) >= 11 is 5.90. The van der Waals surface area contributed by atoms with Gasteiger partial charge in [0.1, 0.15) is 11.4 Å². The van der Waals surface area contributed by atoms with Gasteiger partial charge < -0.3 is 19.9 Å². The molecule has 1 aromatic rings. The number of halogens is 2. The highest BCUT2D eigenvalue weighted by Crippen LogP contribution is 2.25. The van der Waals surface area contributed by atoms with E-state index in [-0.39, 0.29) is 10.7 Å². The number of rotatable bonds is 1. The molecule has 0 aliphatic carbocycles. The molecule has 0 bridgehead atoms.